The van der Waals surface area contributed by atoms with Gasteiger partial charge in [-0.15, -0.1) is 0 Å². The third-order valence-corrected chi connectivity index (χ3v) is 1.35. The summed E-state index contributed by atoms with van der Waals surface area (Å²) in [6.45, 7) is 3.69. The summed E-state index contributed by atoms with van der Waals surface area (Å²) < 4.78 is 4.52. The zero-order valence-corrected chi connectivity index (χ0v) is 13.9. The van der Waals surface area contributed by atoms with Crippen molar-refractivity contribution < 1.29 is 22.7 Å². The Balaban J connectivity index is 0.000000500. The van der Waals surface area contributed by atoms with Crippen LogP contribution in [0.3, 0.4) is 0 Å². The maximum Gasteiger partial charge on any atom is 0.337 e. The molecule has 0 N–H and O–H groups in total. The van der Waals surface area contributed by atoms with Gasteiger partial charge in [0.15, 0.2) is 0 Å². The zero-order valence-electron chi connectivity index (χ0n) is 7.80. The Morgan fingerprint density at radius 2 is 2.07 bits per heavy atom. The van der Waals surface area contributed by atoms with Crippen molar-refractivity contribution in [2.24, 2.45) is 0 Å². The molecular formula is C9H9Br2O2Zn. The van der Waals surface area contributed by atoms with Crippen LogP contribution in [-0.2, 0) is 17.9 Å². The molecule has 0 fully saturated rings. The van der Waals surface area contributed by atoms with Crippen LogP contribution in [-0.4, -0.2) is 13.1 Å². The molecule has 14 heavy (non-hydrogen) atoms. The second kappa shape index (κ2) is 8.57. The van der Waals surface area contributed by atoms with Gasteiger partial charge in [-0.1, -0.05) is 12.1 Å². The fraction of sp³-hybridized carbons (Fsp3) is 0.111. The molecule has 73 valence electrons. The van der Waals surface area contributed by atoms with E-state index in [0.717, 1.165) is 5.56 Å². The van der Waals surface area contributed by atoms with Crippen LogP contribution in [0.4, 0.5) is 0 Å². The molecule has 0 heterocycles. The molecule has 0 saturated heterocycles. The Morgan fingerprint density at radius 3 is 2.50 bits per heavy atom. The second-order valence-electron chi connectivity index (χ2n) is 2.29. The van der Waals surface area contributed by atoms with Crippen LogP contribution < -0.4 is 0 Å². The standard InChI is InChI=1S/C9H9O2.2BrH.Zn/c1-7-4-3-5-8(6-7)9(10)11-2;;;/h3-6H,1H2,2H3;2*1H;/q;;;+2/p-2. The molecule has 0 amide bonds. The number of methoxy groups -OCH3 is 1. The third kappa shape index (κ3) is 5.89. The van der Waals surface area contributed by atoms with Crippen molar-refractivity contribution in [3.05, 3.63) is 42.3 Å². The Hall–Kier alpha value is 0.273. The summed E-state index contributed by atoms with van der Waals surface area (Å²) in [6, 6.07) is 6.98. The minimum Gasteiger partial charge on any atom is -0.465 e. The third-order valence-electron chi connectivity index (χ3n) is 1.35. The largest absolute Gasteiger partial charge is 0.465 e. The summed E-state index contributed by atoms with van der Waals surface area (Å²) in [7, 11) is 1.36. The molecule has 2 nitrogen and oxygen atoms in total. The van der Waals surface area contributed by atoms with Crippen LogP contribution in [0.25, 0.3) is 0 Å². The van der Waals surface area contributed by atoms with Crippen LogP contribution in [0.5, 0.6) is 0 Å². The summed E-state index contributed by atoms with van der Waals surface area (Å²) in [5.41, 5.74) is 1.35. The Kier molecular flexibility index (Phi) is 8.74. The molecule has 0 aliphatic carbocycles. The van der Waals surface area contributed by atoms with E-state index in [1.54, 1.807) is 18.2 Å². The van der Waals surface area contributed by atoms with Gasteiger partial charge in [0.05, 0.1) is 12.7 Å². The van der Waals surface area contributed by atoms with Crippen LogP contribution in [0, 0.1) is 6.92 Å². The molecule has 0 aromatic heterocycles. The van der Waals surface area contributed by atoms with Crippen LogP contribution in [0.15, 0.2) is 24.3 Å². The molecule has 0 spiro atoms. The van der Waals surface area contributed by atoms with E-state index in [2.05, 4.69) is 38.9 Å². The maximum atomic E-state index is 10.9. The van der Waals surface area contributed by atoms with E-state index in [1.165, 1.54) is 7.11 Å². The number of esters is 1. The predicted molar refractivity (Wildman–Crippen MR) is 60.1 cm³/mol. The Morgan fingerprint density at radius 1 is 1.50 bits per heavy atom. The van der Waals surface area contributed by atoms with Crippen LogP contribution in [0.2, 0.25) is 0 Å². The van der Waals surface area contributed by atoms with Crippen molar-refractivity contribution in [2.45, 2.75) is 0 Å². The fourth-order valence-electron chi connectivity index (χ4n) is 0.816. The van der Waals surface area contributed by atoms with E-state index >= 15 is 0 Å². The average Bonchev–Trinajstić information content (AvgIpc) is 2.18. The average molecular weight is 374 g/mol. The van der Waals surface area contributed by atoms with Crippen LogP contribution in [0.1, 0.15) is 15.9 Å². The first-order valence-corrected chi connectivity index (χ1v) is 17.7. The van der Waals surface area contributed by atoms with E-state index < -0.39 is 0 Å². The molecular weight excluding hydrogens is 365 g/mol. The maximum absolute atomic E-state index is 10.9. The number of carbonyl (C=O) groups excluding carboxylic acids is 1. The topological polar surface area (TPSA) is 26.3 Å². The van der Waals surface area contributed by atoms with E-state index in [-0.39, 0.29) is 19.2 Å². The van der Waals surface area contributed by atoms with Gasteiger partial charge in [-0.25, -0.2) is 4.79 Å². The quantitative estimate of drug-likeness (QED) is 0.557. The SMILES string of the molecule is [Br][Zn][Br].[CH2]c1cccc(C(=O)OC)c1. The molecule has 0 aliphatic heterocycles. The van der Waals surface area contributed by atoms with Crippen molar-refractivity contribution >= 4 is 33.2 Å². The normalized spacial score (nSPS) is 8.00. The van der Waals surface area contributed by atoms with Crippen molar-refractivity contribution in [3.63, 3.8) is 0 Å². The molecule has 0 saturated carbocycles. The summed E-state index contributed by atoms with van der Waals surface area (Å²) in [4.78, 5) is 10.9. The zero-order chi connectivity index (χ0) is 11.0. The van der Waals surface area contributed by atoms with Gasteiger partial charge in [-0.3, -0.25) is 0 Å². The van der Waals surface area contributed by atoms with Gasteiger partial charge in [0.1, 0.15) is 0 Å². The van der Waals surface area contributed by atoms with E-state index in [0.29, 0.717) is 5.56 Å². The molecule has 1 rings (SSSR count). The molecule has 1 aromatic rings. The number of halogens is 2. The molecule has 0 unspecified atom stereocenters. The summed E-state index contributed by atoms with van der Waals surface area (Å²) >= 11 is 6.25. The number of carbonyl (C=O) groups is 1. The minimum absolute atomic E-state index is 0.250. The first-order chi connectivity index (χ1) is 6.65. The van der Waals surface area contributed by atoms with Gasteiger partial charge in [0.2, 0.25) is 0 Å². The minimum atomic E-state index is -0.324. The summed E-state index contributed by atoms with van der Waals surface area (Å²) in [5.74, 6) is -0.324. The molecule has 5 heteroatoms. The summed E-state index contributed by atoms with van der Waals surface area (Å²) in [5, 5.41) is 0. The van der Waals surface area contributed by atoms with Crippen molar-refractivity contribution in [2.75, 3.05) is 7.11 Å². The van der Waals surface area contributed by atoms with Gasteiger partial charge in [0, 0.05) is 0 Å². The molecule has 1 radical (unpaired) electrons. The number of benzene rings is 1. The number of ether oxygens (including phenoxy) is 1. The number of hydrogen-bond donors (Lipinski definition) is 0. The van der Waals surface area contributed by atoms with E-state index in [9.17, 15) is 4.79 Å². The van der Waals surface area contributed by atoms with Gasteiger partial charge in [0.25, 0.3) is 0 Å². The first-order valence-electron chi connectivity index (χ1n) is 3.78. The van der Waals surface area contributed by atoms with Gasteiger partial charge < -0.3 is 4.74 Å². The summed E-state index contributed by atoms with van der Waals surface area (Å²) in [6.07, 6.45) is 0. The Bertz CT molecular complexity index is 292. The van der Waals surface area contributed by atoms with Gasteiger partial charge in [-0.2, -0.15) is 0 Å². The predicted octanol–water partition coefficient (Wildman–Crippen LogP) is 3.34. The molecule has 0 aliphatic rings. The smallest absolute Gasteiger partial charge is 0.337 e. The monoisotopic (exact) mass is 371 g/mol. The van der Waals surface area contributed by atoms with Crippen molar-refractivity contribution in [1.82, 2.24) is 0 Å². The van der Waals surface area contributed by atoms with Gasteiger partial charge in [-0.05, 0) is 24.6 Å². The second-order valence-corrected chi connectivity index (χ2v) is 16.4. The van der Waals surface area contributed by atoms with Crippen molar-refractivity contribution in [1.29, 1.82) is 0 Å². The fourth-order valence-corrected chi connectivity index (χ4v) is 0.816. The Labute approximate surface area is 105 Å². The van der Waals surface area contributed by atoms with E-state index in [4.69, 9.17) is 0 Å². The first kappa shape index (κ1) is 14.3. The molecule has 1 aromatic carbocycles. The number of hydrogen-bond acceptors (Lipinski definition) is 2. The molecule has 0 atom stereocenters. The van der Waals surface area contributed by atoms with Gasteiger partial charge >= 0.3 is 46.4 Å². The van der Waals surface area contributed by atoms with E-state index in [1.807, 2.05) is 6.07 Å². The van der Waals surface area contributed by atoms with Crippen molar-refractivity contribution in [3.8, 4) is 0 Å². The molecule has 0 bridgehead atoms. The van der Waals surface area contributed by atoms with Crippen LogP contribution >= 0.6 is 27.2 Å². The number of rotatable bonds is 1.